The second-order valence-electron chi connectivity index (χ2n) is 4.50. The highest BCUT2D eigenvalue weighted by atomic mass is 35.5. The van der Waals surface area contributed by atoms with Gasteiger partial charge in [0.15, 0.2) is 4.84 Å². The van der Waals surface area contributed by atoms with E-state index in [0.29, 0.717) is 17.1 Å². The molecule has 1 N–H and O–H groups in total. The van der Waals surface area contributed by atoms with Crippen molar-refractivity contribution < 1.29 is 9.32 Å². The second-order valence-corrected chi connectivity index (χ2v) is 5.60. The molecule has 3 rings (SSSR count). The van der Waals surface area contributed by atoms with Gasteiger partial charge in [-0.25, -0.2) is 0 Å². The summed E-state index contributed by atoms with van der Waals surface area (Å²) >= 11 is 11.1. The number of nitrogens with zero attached hydrogens (tertiary/aromatic N) is 3. The zero-order chi connectivity index (χ0) is 16.2. The molecule has 3 aromatic rings. The van der Waals surface area contributed by atoms with Crippen molar-refractivity contribution >= 4 is 34.8 Å². The van der Waals surface area contributed by atoms with Crippen LogP contribution in [0.3, 0.4) is 0 Å². The van der Waals surface area contributed by atoms with Gasteiger partial charge >= 0.3 is 0 Å². The second kappa shape index (κ2) is 6.76. The number of carbonyl (C=O) groups excluding carboxylic acids is 1. The standard InChI is InChI=1S/C15H10Cl2N4O2/c16-12(17)14(22)19-11-6-2-1-5-10(11)15-20-13(21-23-15)9-4-3-7-18-8-9/h1-8,12H,(H,19,22). The summed E-state index contributed by atoms with van der Waals surface area (Å²) in [6, 6.07) is 10.6. The number of rotatable bonds is 4. The molecule has 0 bridgehead atoms. The Balaban J connectivity index is 1.94. The maximum absolute atomic E-state index is 11.7. The van der Waals surface area contributed by atoms with E-state index in [4.69, 9.17) is 27.7 Å². The fraction of sp³-hybridized carbons (Fsp3) is 0.0667. The van der Waals surface area contributed by atoms with E-state index >= 15 is 0 Å². The highest BCUT2D eigenvalue weighted by Gasteiger charge is 2.17. The number of pyridine rings is 1. The molecule has 1 aromatic carbocycles. The van der Waals surface area contributed by atoms with Gasteiger partial charge in [0.2, 0.25) is 5.82 Å². The molecule has 0 atom stereocenters. The first kappa shape index (κ1) is 15.5. The van der Waals surface area contributed by atoms with E-state index in [-0.39, 0.29) is 5.89 Å². The summed E-state index contributed by atoms with van der Waals surface area (Å²) in [5, 5.41) is 6.54. The molecule has 8 heteroatoms. The summed E-state index contributed by atoms with van der Waals surface area (Å²) < 4.78 is 5.28. The summed E-state index contributed by atoms with van der Waals surface area (Å²) in [7, 11) is 0. The molecule has 0 unspecified atom stereocenters. The number of amides is 1. The van der Waals surface area contributed by atoms with Crippen molar-refractivity contribution in [2.45, 2.75) is 4.84 Å². The zero-order valence-corrected chi connectivity index (χ0v) is 13.1. The number of alkyl halides is 2. The summed E-state index contributed by atoms with van der Waals surface area (Å²) in [6.45, 7) is 0. The van der Waals surface area contributed by atoms with Crippen molar-refractivity contribution in [3.63, 3.8) is 0 Å². The minimum Gasteiger partial charge on any atom is -0.334 e. The Morgan fingerprint density at radius 1 is 1.17 bits per heavy atom. The maximum atomic E-state index is 11.7. The average Bonchev–Trinajstić information content (AvgIpc) is 3.06. The Hall–Kier alpha value is -2.44. The first-order chi connectivity index (χ1) is 11.1. The van der Waals surface area contributed by atoms with Crippen LogP contribution in [0.4, 0.5) is 5.69 Å². The van der Waals surface area contributed by atoms with Gasteiger partial charge in [0, 0.05) is 18.0 Å². The van der Waals surface area contributed by atoms with Crippen LogP contribution >= 0.6 is 23.2 Å². The third-order valence-corrected chi connectivity index (χ3v) is 3.36. The normalized spacial score (nSPS) is 10.7. The fourth-order valence-corrected chi connectivity index (χ4v) is 2.02. The smallest absolute Gasteiger partial charge is 0.260 e. The van der Waals surface area contributed by atoms with E-state index in [1.165, 1.54) is 0 Å². The number of anilines is 1. The van der Waals surface area contributed by atoms with Gasteiger partial charge in [0.05, 0.1) is 11.3 Å². The summed E-state index contributed by atoms with van der Waals surface area (Å²) in [5.41, 5.74) is 1.77. The highest BCUT2D eigenvalue weighted by Crippen LogP contribution is 2.28. The SMILES string of the molecule is O=C(Nc1ccccc1-c1nc(-c2cccnc2)no1)C(Cl)Cl. The molecule has 6 nitrogen and oxygen atoms in total. The predicted octanol–water partition coefficient (Wildman–Crippen LogP) is 3.54. The summed E-state index contributed by atoms with van der Waals surface area (Å²) in [4.78, 5) is 18.8. The molecule has 2 heterocycles. The molecule has 0 spiro atoms. The lowest BCUT2D eigenvalue weighted by Gasteiger charge is -2.08. The van der Waals surface area contributed by atoms with E-state index in [1.54, 1.807) is 42.7 Å². The summed E-state index contributed by atoms with van der Waals surface area (Å²) in [5.74, 6) is 0.134. The van der Waals surface area contributed by atoms with Gasteiger partial charge in [0.1, 0.15) is 0 Å². The lowest BCUT2D eigenvalue weighted by molar-refractivity contribution is -0.114. The molecular weight excluding hydrogens is 339 g/mol. The van der Waals surface area contributed by atoms with Gasteiger partial charge in [-0.15, -0.1) is 0 Å². The minimum atomic E-state index is -1.17. The predicted molar refractivity (Wildman–Crippen MR) is 87.1 cm³/mol. The number of benzene rings is 1. The number of hydrogen-bond donors (Lipinski definition) is 1. The molecule has 0 saturated heterocycles. The molecular formula is C15H10Cl2N4O2. The van der Waals surface area contributed by atoms with Crippen LogP contribution in [-0.2, 0) is 4.79 Å². The Morgan fingerprint density at radius 3 is 2.74 bits per heavy atom. The van der Waals surface area contributed by atoms with Crippen LogP contribution in [0.15, 0.2) is 53.3 Å². The van der Waals surface area contributed by atoms with Crippen LogP contribution < -0.4 is 5.32 Å². The molecule has 23 heavy (non-hydrogen) atoms. The van der Waals surface area contributed by atoms with E-state index in [2.05, 4.69) is 20.4 Å². The van der Waals surface area contributed by atoms with Crippen LogP contribution in [-0.4, -0.2) is 25.9 Å². The van der Waals surface area contributed by atoms with Crippen molar-refractivity contribution in [2.24, 2.45) is 0 Å². The lowest BCUT2D eigenvalue weighted by atomic mass is 10.1. The first-order valence-electron chi connectivity index (χ1n) is 6.57. The van der Waals surface area contributed by atoms with Gasteiger partial charge in [-0.05, 0) is 24.3 Å². The van der Waals surface area contributed by atoms with Gasteiger partial charge in [-0.2, -0.15) is 4.98 Å². The fourth-order valence-electron chi connectivity index (χ4n) is 1.91. The van der Waals surface area contributed by atoms with Crippen LogP contribution in [0.5, 0.6) is 0 Å². The number of nitrogens with one attached hydrogen (secondary N) is 1. The van der Waals surface area contributed by atoms with Gasteiger partial charge < -0.3 is 9.84 Å². The number of para-hydroxylation sites is 1. The largest absolute Gasteiger partial charge is 0.334 e. The van der Waals surface area contributed by atoms with Crippen LogP contribution in [0.25, 0.3) is 22.8 Å². The highest BCUT2D eigenvalue weighted by molar-refractivity contribution is 6.54. The molecule has 0 aliphatic rings. The molecule has 0 aliphatic carbocycles. The lowest BCUT2D eigenvalue weighted by Crippen LogP contribution is -2.18. The van der Waals surface area contributed by atoms with Gasteiger partial charge in [0.25, 0.3) is 11.8 Å². The van der Waals surface area contributed by atoms with Crippen molar-refractivity contribution in [1.29, 1.82) is 0 Å². The molecule has 0 aliphatic heterocycles. The van der Waals surface area contributed by atoms with E-state index in [1.807, 2.05) is 6.07 Å². The Morgan fingerprint density at radius 2 is 2.00 bits per heavy atom. The molecule has 2 aromatic heterocycles. The summed E-state index contributed by atoms with van der Waals surface area (Å²) in [6.07, 6.45) is 3.29. The maximum Gasteiger partial charge on any atom is 0.260 e. The Kier molecular flexibility index (Phi) is 4.55. The molecule has 0 fully saturated rings. The number of aromatic nitrogens is 3. The monoisotopic (exact) mass is 348 g/mol. The molecule has 1 amide bonds. The quantitative estimate of drug-likeness (QED) is 0.729. The zero-order valence-electron chi connectivity index (χ0n) is 11.6. The number of hydrogen-bond acceptors (Lipinski definition) is 5. The molecule has 116 valence electrons. The van der Waals surface area contributed by atoms with Crippen molar-refractivity contribution in [1.82, 2.24) is 15.1 Å². The van der Waals surface area contributed by atoms with Crippen molar-refractivity contribution in [3.05, 3.63) is 48.8 Å². The third kappa shape index (κ3) is 3.49. The van der Waals surface area contributed by atoms with Crippen molar-refractivity contribution in [3.8, 4) is 22.8 Å². The van der Waals surface area contributed by atoms with Gasteiger partial charge in [-0.3, -0.25) is 9.78 Å². The Bertz CT molecular complexity index is 821. The first-order valence-corrected chi connectivity index (χ1v) is 7.45. The van der Waals surface area contributed by atoms with Crippen LogP contribution in [0.1, 0.15) is 0 Å². The van der Waals surface area contributed by atoms with Gasteiger partial charge in [-0.1, -0.05) is 40.5 Å². The van der Waals surface area contributed by atoms with E-state index in [0.717, 1.165) is 5.56 Å². The van der Waals surface area contributed by atoms with E-state index < -0.39 is 10.7 Å². The number of halogens is 2. The minimum absolute atomic E-state index is 0.264. The van der Waals surface area contributed by atoms with Crippen LogP contribution in [0.2, 0.25) is 0 Å². The molecule has 0 radical (unpaired) electrons. The number of carbonyl (C=O) groups is 1. The van der Waals surface area contributed by atoms with Crippen LogP contribution in [0, 0.1) is 0 Å². The van der Waals surface area contributed by atoms with E-state index in [9.17, 15) is 4.79 Å². The topological polar surface area (TPSA) is 80.9 Å². The third-order valence-electron chi connectivity index (χ3n) is 2.96. The van der Waals surface area contributed by atoms with Crippen molar-refractivity contribution in [2.75, 3.05) is 5.32 Å². The molecule has 0 saturated carbocycles. The Labute approximate surface area is 141 Å². The average molecular weight is 349 g/mol.